The molecule has 2 rings (SSSR count). The van der Waals surface area contributed by atoms with Crippen LogP contribution in [0.4, 0.5) is 5.69 Å². The molecule has 2 N–H and O–H groups in total. The van der Waals surface area contributed by atoms with E-state index in [9.17, 15) is 24.3 Å². The fraction of sp³-hybridized carbons (Fsp3) is 0.444. The van der Waals surface area contributed by atoms with Crippen molar-refractivity contribution in [1.29, 1.82) is 0 Å². The number of carboxylic acid groups (broad SMARTS) is 1. The molecule has 0 bridgehead atoms. The van der Waals surface area contributed by atoms with Gasteiger partial charge in [-0.1, -0.05) is 12.8 Å². The Morgan fingerprint density at radius 3 is 1.88 bits per heavy atom. The van der Waals surface area contributed by atoms with Crippen LogP contribution in [0.1, 0.15) is 46.4 Å². The molecule has 0 spiro atoms. The first kappa shape index (κ1) is 19.4. The lowest BCUT2D eigenvalue weighted by Gasteiger charge is -2.27. The topological polar surface area (TPSA) is 119 Å². The van der Waals surface area contributed by atoms with Gasteiger partial charge >= 0.3 is 17.9 Å². The van der Waals surface area contributed by atoms with Gasteiger partial charge in [-0.2, -0.15) is 0 Å². The number of carboxylic acids is 1. The molecule has 0 saturated heterocycles. The Morgan fingerprint density at radius 2 is 1.42 bits per heavy atom. The van der Waals surface area contributed by atoms with Gasteiger partial charge in [0.25, 0.3) is 0 Å². The normalized spacial score (nSPS) is 19.3. The van der Waals surface area contributed by atoms with E-state index in [0.29, 0.717) is 12.8 Å². The first-order chi connectivity index (χ1) is 12.4. The molecule has 1 aromatic carbocycles. The van der Waals surface area contributed by atoms with Crippen molar-refractivity contribution in [3.8, 4) is 0 Å². The lowest BCUT2D eigenvalue weighted by Crippen LogP contribution is -2.36. The van der Waals surface area contributed by atoms with Crippen LogP contribution in [0, 0.1) is 11.8 Å². The van der Waals surface area contributed by atoms with E-state index in [-0.39, 0.29) is 16.8 Å². The van der Waals surface area contributed by atoms with Crippen LogP contribution >= 0.6 is 0 Å². The lowest BCUT2D eigenvalue weighted by molar-refractivity contribution is -0.147. The smallest absolute Gasteiger partial charge is 0.337 e. The number of anilines is 1. The Kier molecular flexibility index (Phi) is 6.32. The van der Waals surface area contributed by atoms with Crippen molar-refractivity contribution in [3.63, 3.8) is 0 Å². The van der Waals surface area contributed by atoms with Crippen molar-refractivity contribution in [2.75, 3.05) is 19.5 Å². The number of esters is 2. The highest BCUT2D eigenvalue weighted by Gasteiger charge is 2.35. The van der Waals surface area contributed by atoms with Gasteiger partial charge in [-0.05, 0) is 31.0 Å². The van der Waals surface area contributed by atoms with Gasteiger partial charge in [0.05, 0.1) is 37.2 Å². The summed E-state index contributed by atoms with van der Waals surface area (Å²) in [4.78, 5) is 47.5. The van der Waals surface area contributed by atoms with Gasteiger partial charge in [-0.25, -0.2) is 9.59 Å². The van der Waals surface area contributed by atoms with Crippen LogP contribution < -0.4 is 5.32 Å². The Hall–Kier alpha value is -2.90. The molecular weight excluding hydrogens is 342 g/mol. The maximum Gasteiger partial charge on any atom is 0.337 e. The Balaban J connectivity index is 2.29. The SMILES string of the molecule is COC(=O)c1cc(NC(=O)[C@@H]2CCCC[C@H]2C(=O)O)cc(C(=O)OC)c1. The quantitative estimate of drug-likeness (QED) is 0.769. The van der Waals surface area contributed by atoms with E-state index in [2.05, 4.69) is 14.8 Å². The summed E-state index contributed by atoms with van der Waals surface area (Å²) >= 11 is 0. The van der Waals surface area contributed by atoms with Crippen molar-refractivity contribution in [2.45, 2.75) is 25.7 Å². The second-order valence-electron chi connectivity index (χ2n) is 6.11. The van der Waals surface area contributed by atoms with E-state index >= 15 is 0 Å². The molecule has 0 heterocycles. The standard InChI is InChI=1S/C18H21NO7/c1-25-17(23)10-7-11(18(24)26-2)9-12(8-10)19-15(20)13-5-3-4-6-14(13)16(21)22/h7-9,13-14H,3-6H2,1-2H3,(H,19,20)(H,21,22)/t13-,14-/m1/s1. The van der Waals surface area contributed by atoms with Crippen LogP contribution in [-0.4, -0.2) is 43.1 Å². The van der Waals surface area contributed by atoms with E-state index < -0.39 is 35.7 Å². The molecule has 0 unspecified atom stereocenters. The van der Waals surface area contributed by atoms with Crippen LogP contribution in [0.2, 0.25) is 0 Å². The molecule has 1 aliphatic carbocycles. The number of nitrogens with one attached hydrogen (secondary N) is 1. The highest BCUT2D eigenvalue weighted by Crippen LogP contribution is 2.31. The largest absolute Gasteiger partial charge is 0.481 e. The molecule has 8 nitrogen and oxygen atoms in total. The molecule has 26 heavy (non-hydrogen) atoms. The third-order valence-electron chi connectivity index (χ3n) is 4.46. The zero-order chi connectivity index (χ0) is 19.3. The second-order valence-corrected chi connectivity index (χ2v) is 6.11. The summed E-state index contributed by atoms with van der Waals surface area (Å²) in [6.07, 6.45) is 2.47. The Morgan fingerprint density at radius 1 is 0.923 bits per heavy atom. The van der Waals surface area contributed by atoms with Crippen LogP contribution in [0.15, 0.2) is 18.2 Å². The third kappa shape index (κ3) is 4.38. The average Bonchev–Trinajstić information content (AvgIpc) is 2.66. The average molecular weight is 363 g/mol. The second kappa shape index (κ2) is 8.46. The lowest BCUT2D eigenvalue weighted by atomic mass is 9.78. The van der Waals surface area contributed by atoms with Gasteiger partial charge in [0.2, 0.25) is 5.91 Å². The minimum atomic E-state index is -0.997. The molecular formula is C18H21NO7. The summed E-state index contributed by atoms with van der Waals surface area (Å²) in [7, 11) is 2.40. The highest BCUT2D eigenvalue weighted by atomic mass is 16.5. The predicted molar refractivity (Wildman–Crippen MR) is 90.8 cm³/mol. The highest BCUT2D eigenvalue weighted by molar-refractivity contribution is 6.00. The van der Waals surface area contributed by atoms with Gasteiger partial charge in [0.1, 0.15) is 0 Å². The van der Waals surface area contributed by atoms with E-state index in [1.54, 1.807) is 0 Å². The number of rotatable bonds is 5. The number of hydrogen-bond donors (Lipinski definition) is 2. The molecule has 1 amide bonds. The molecule has 8 heteroatoms. The van der Waals surface area contributed by atoms with Crippen LogP contribution in [-0.2, 0) is 19.1 Å². The van der Waals surface area contributed by atoms with E-state index in [4.69, 9.17) is 0 Å². The van der Waals surface area contributed by atoms with Crippen LogP contribution in [0.25, 0.3) is 0 Å². The Labute approximate surface area is 150 Å². The maximum atomic E-state index is 12.6. The molecule has 1 aliphatic rings. The minimum absolute atomic E-state index is 0.0733. The summed E-state index contributed by atoms with van der Waals surface area (Å²) in [6.45, 7) is 0. The third-order valence-corrected chi connectivity index (χ3v) is 4.46. The number of amides is 1. The Bertz CT molecular complexity index is 694. The number of carbonyl (C=O) groups excluding carboxylic acids is 3. The summed E-state index contributed by atoms with van der Waals surface area (Å²) in [6, 6.07) is 4.04. The zero-order valence-electron chi connectivity index (χ0n) is 14.6. The molecule has 140 valence electrons. The molecule has 1 fully saturated rings. The predicted octanol–water partition coefficient (Wildman–Crippen LogP) is 2.09. The van der Waals surface area contributed by atoms with Crippen molar-refractivity contribution in [1.82, 2.24) is 0 Å². The molecule has 0 aliphatic heterocycles. The fourth-order valence-corrected chi connectivity index (χ4v) is 3.15. The number of aliphatic carboxylic acids is 1. The summed E-state index contributed by atoms with van der Waals surface area (Å²) in [5, 5.41) is 11.9. The molecule has 2 atom stereocenters. The first-order valence-corrected chi connectivity index (χ1v) is 8.22. The molecule has 1 saturated carbocycles. The monoisotopic (exact) mass is 363 g/mol. The van der Waals surface area contributed by atoms with Gasteiger partial charge in [0, 0.05) is 5.69 Å². The van der Waals surface area contributed by atoms with E-state index in [1.807, 2.05) is 0 Å². The van der Waals surface area contributed by atoms with Crippen LogP contribution in [0.5, 0.6) is 0 Å². The fourth-order valence-electron chi connectivity index (χ4n) is 3.15. The van der Waals surface area contributed by atoms with Crippen molar-refractivity contribution in [2.24, 2.45) is 11.8 Å². The summed E-state index contributed by atoms with van der Waals surface area (Å²) in [5.41, 5.74) is 0.348. The van der Waals surface area contributed by atoms with Gasteiger partial charge < -0.3 is 19.9 Å². The van der Waals surface area contributed by atoms with Crippen LogP contribution in [0.3, 0.4) is 0 Å². The maximum absolute atomic E-state index is 12.6. The first-order valence-electron chi connectivity index (χ1n) is 8.22. The molecule has 0 aromatic heterocycles. The molecule has 1 aromatic rings. The zero-order valence-corrected chi connectivity index (χ0v) is 14.6. The van der Waals surface area contributed by atoms with Crippen molar-refractivity contribution in [3.05, 3.63) is 29.3 Å². The summed E-state index contributed by atoms with van der Waals surface area (Å²) < 4.78 is 9.30. The van der Waals surface area contributed by atoms with E-state index in [1.165, 1.54) is 32.4 Å². The summed E-state index contributed by atoms with van der Waals surface area (Å²) in [5.74, 6) is -4.20. The minimum Gasteiger partial charge on any atom is -0.481 e. The number of carbonyl (C=O) groups is 4. The van der Waals surface area contributed by atoms with Gasteiger partial charge in [0.15, 0.2) is 0 Å². The van der Waals surface area contributed by atoms with Gasteiger partial charge in [-0.15, -0.1) is 0 Å². The van der Waals surface area contributed by atoms with Crippen molar-refractivity contribution < 1.29 is 33.8 Å². The van der Waals surface area contributed by atoms with Gasteiger partial charge in [-0.3, -0.25) is 9.59 Å². The van der Waals surface area contributed by atoms with Crippen molar-refractivity contribution >= 4 is 29.5 Å². The molecule has 0 radical (unpaired) electrons. The number of methoxy groups -OCH3 is 2. The number of hydrogen-bond acceptors (Lipinski definition) is 6. The number of ether oxygens (including phenoxy) is 2. The van der Waals surface area contributed by atoms with E-state index in [0.717, 1.165) is 12.8 Å². The number of benzene rings is 1.